The van der Waals surface area contributed by atoms with Crippen LogP contribution in [0.3, 0.4) is 0 Å². The molecule has 0 saturated heterocycles. The van der Waals surface area contributed by atoms with E-state index in [9.17, 15) is 0 Å². The van der Waals surface area contributed by atoms with Gasteiger partial charge in [0.05, 0.1) is 0 Å². The summed E-state index contributed by atoms with van der Waals surface area (Å²) in [5.41, 5.74) is 10.0. The molecule has 0 aliphatic rings. The van der Waals surface area contributed by atoms with E-state index in [0.717, 1.165) is 5.56 Å². The molecule has 0 bridgehead atoms. The summed E-state index contributed by atoms with van der Waals surface area (Å²) in [4.78, 5) is 2.77. The topological polar surface area (TPSA) is 48.8 Å². The number of hydrogen-bond donors (Lipinski definition) is 0. The summed E-state index contributed by atoms with van der Waals surface area (Å²) in [6.07, 6.45) is 1.83. The van der Waals surface area contributed by atoms with E-state index < -0.39 is 0 Å². The van der Waals surface area contributed by atoms with Gasteiger partial charge in [0.2, 0.25) is 0 Å². The van der Waals surface area contributed by atoms with Crippen LogP contribution in [0.15, 0.2) is 42.0 Å². The molecule has 0 aliphatic carbocycles. The average Bonchev–Trinajstić information content (AvgIpc) is 2.18. The van der Waals surface area contributed by atoms with Crippen LogP contribution >= 0.6 is 0 Å². The number of allylic oxidation sites excluding steroid dienone is 1. The Labute approximate surface area is 77.3 Å². The van der Waals surface area contributed by atoms with E-state index in [1.54, 1.807) is 6.07 Å². The Balaban J connectivity index is 3.18. The van der Waals surface area contributed by atoms with E-state index in [2.05, 4.69) is 16.6 Å². The summed E-state index contributed by atoms with van der Waals surface area (Å²) in [5.74, 6) is 0.210. The van der Waals surface area contributed by atoms with Crippen molar-refractivity contribution in [1.82, 2.24) is 0 Å². The first-order valence-electron chi connectivity index (χ1n) is 4.06. The maximum absolute atomic E-state index is 8.33. The summed E-state index contributed by atoms with van der Waals surface area (Å²) >= 11 is 0. The van der Waals surface area contributed by atoms with E-state index in [1.165, 1.54) is 0 Å². The van der Waals surface area contributed by atoms with E-state index in [-0.39, 0.29) is 5.92 Å². The second-order valence-electron chi connectivity index (χ2n) is 2.77. The van der Waals surface area contributed by atoms with Gasteiger partial charge in [0, 0.05) is 10.6 Å². The molecular formula is C10H11N3. The van der Waals surface area contributed by atoms with Gasteiger partial charge in [-0.2, -0.15) is 0 Å². The molecule has 1 aromatic rings. The van der Waals surface area contributed by atoms with Crippen LogP contribution in [0, 0.1) is 0 Å². The maximum Gasteiger partial charge on any atom is 0.0413 e. The maximum atomic E-state index is 8.33. The molecule has 0 radical (unpaired) electrons. The third-order valence-corrected chi connectivity index (χ3v) is 1.93. The molecule has 0 saturated carbocycles. The van der Waals surface area contributed by atoms with E-state index in [1.807, 2.05) is 31.2 Å². The minimum atomic E-state index is 0.210. The van der Waals surface area contributed by atoms with E-state index in [0.29, 0.717) is 5.69 Å². The highest BCUT2D eigenvalue weighted by molar-refractivity contribution is 5.48. The van der Waals surface area contributed by atoms with Crippen LogP contribution < -0.4 is 0 Å². The molecule has 1 unspecified atom stereocenters. The van der Waals surface area contributed by atoms with Gasteiger partial charge in [-0.15, -0.1) is 6.58 Å². The molecule has 1 aromatic carbocycles. The van der Waals surface area contributed by atoms with Gasteiger partial charge in [-0.05, 0) is 17.0 Å². The molecular weight excluding hydrogens is 162 g/mol. The molecule has 0 heterocycles. The minimum absolute atomic E-state index is 0.210. The van der Waals surface area contributed by atoms with Gasteiger partial charge >= 0.3 is 0 Å². The van der Waals surface area contributed by atoms with Crippen LogP contribution in [0.1, 0.15) is 18.4 Å². The number of benzene rings is 1. The van der Waals surface area contributed by atoms with Gasteiger partial charge in [0.25, 0.3) is 0 Å². The Kier molecular flexibility index (Phi) is 3.12. The van der Waals surface area contributed by atoms with Crippen LogP contribution in [0.2, 0.25) is 0 Å². The predicted molar refractivity (Wildman–Crippen MR) is 53.9 cm³/mol. The Bertz CT molecular complexity index is 351. The first kappa shape index (κ1) is 9.36. The van der Waals surface area contributed by atoms with Crippen LogP contribution in [0.5, 0.6) is 0 Å². The lowest BCUT2D eigenvalue weighted by molar-refractivity contribution is 0.969. The highest BCUT2D eigenvalue weighted by Gasteiger charge is 2.04. The fraction of sp³-hybridized carbons (Fsp3) is 0.200. The van der Waals surface area contributed by atoms with Gasteiger partial charge < -0.3 is 0 Å². The third-order valence-electron chi connectivity index (χ3n) is 1.93. The smallest absolute Gasteiger partial charge is 0.0413 e. The summed E-state index contributed by atoms with van der Waals surface area (Å²) in [5, 5.41) is 3.61. The van der Waals surface area contributed by atoms with Crippen LogP contribution in [0.4, 0.5) is 5.69 Å². The Hall–Kier alpha value is -1.73. The fourth-order valence-electron chi connectivity index (χ4n) is 1.14. The molecule has 3 nitrogen and oxygen atoms in total. The van der Waals surface area contributed by atoms with Crippen molar-refractivity contribution in [3.8, 4) is 0 Å². The number of azide groups is 1. The number of rotatable bonds is 3. The second-order valence-corrected chi connectivity index (χ2v) is 2.77. The largest absolute Gasteiger partial charge is 0.102 e. The molecule has 0 spiro atoms. The molecule has 13 heavy (non-hydrogen) atoms. The van der Waals surface area contributed by atoms with Crippen molar-refractivity contribution >= 4 is 5.69 Å². The van der Waals surface area contributed by atoms with Crippen molar-refractivity contribution in [3.63, 3.8) is 0 Å². The quantitative estimate of drug-likeness (QED) is 0.288. The average molecular weight is 173 g/mol. The number of nitrogens with zero attached hydrogens (tertiary/aromatic N) is 3. The molecule has 0 N–H and O–H groups in total. The van der Waals surface area contributed by atoms with Crippen molar-refractivity contribution in [2.45, 2.75) is 12.8 Å². The first-order chi connectivity index (χ1) is 6.29. The first-order valence-corrected chi connectivity index (χ1v) is 4.06. The van der Waals surface area contributed by atoms with E-state index >= 15 is 0 Å². The van der Waals surface area contributed by atoms with Gasteiger partial charge in [-0.3, -0.25) is 0 Å². The summed E-state index contributed by atoms with van der Waals surface area (Å²) in [7, 11) is 0. The Morgan fingerprint density at radius 2 is 2.23 bits per heavy atom. The summed E-state index contributed by atoms with van der Waals surface area (Å²) < 4.78 is 0. The van der Waals surface area contributed by atoms with Crippen LogP contribution in [0.25, 0.3) is 10.4 Å². The normalized spacial score (nSPS) is 11.5. The molecule has 0 aromatic heterocycles. The van der Waals surface area contributed by atoms with Crippen molar-refractivity contribution in [1.29, 1.82) is 0 Å². The fourth-order valence-corrected chi connectivity index (χ4v) is 1.14. The third kappa shape index (κ3) is 2.10. The molecule has 1 atom stereocenters. The van der Waals surface area contributed by atoms with Crippen molar-refractivity contribution in [3.05, 3.63) is 52.9 Å². The van der Waals surface area contributed by atoms with E-state index in [4.69, 9.17) is 5.53 Å². The second kappa shape index (κ2) is 4.33. The zero-order valence-electron chi connectivity index (χ0n) is 7.51. The van der Waals surface area contributed by atoms with Crippen molar-refractivity contribution in [2.24, 2.45) is 5.11 Å². The predicted octanol–water partition coefficient (Wildman–Crippen LogP) is 3.92. The highest BCUT2D eigenvalue weighted by atomic mass is 15.1. The van der Waals surface area contributed by atoms with Crippen LogP contribution in [-0.2, 0) is 0 Å². The van der Waals surface area contributed by atoms with Gasteiger partial charge in [-0.1, -0.05) is 42.4 Å². The molecule has 3 heteroatoms. The molecule has 66 valence electrons. The van der Waals surface area contributed by atoms with Crippen molar-refractivity contribution < 1.29 is 0 Å². The minimum Gasteiger partial charge on any atom is -0.102 e. The van der Waals surface area contributed by atoms with Crippen LogP contribution in [-0.4, -0.2) is 0 Å². The molecule has 1 rings (SSSR count). The van der Waals surface area contributed by atoms with Gasteiger partial charge in [-0.25, -0.2) is 0 Å². The van der Waals surface area contributed by atoms with Gasteiger partial charge in [0.1, 0.15) is 0 Å². The molecule has 0 aliphatic heterocycles. The summed E-state index contributed by atoms with van der Waals surface area (Å²) in [6.45, 7) is 5.72. The number of hydrogen-bond acceptors (Lipinski definition) is 1. The van der Waals surface area contributed by atoms with Gasteiger partial charge in [0.15, 0.2) is 0 Å². The Morgan fingerprint density at radius 3 is 2.85 bits per heavy atom. The molecule has 0 amide bonds. The zero-order chi connectivity index (χ0) is 9.68. The lowest BCUT2D eigenvalue weighted by atomic mass is 10.00. The summed E-state index contributed by atoms with van der Waals surface area (Å²) in [6, 6.07) is 7.51. The zero-order valence-corrected chi connectivity index (χ0v) is 7.51. The highest BCUT2D eigenvalue weighted by Crippen LogP contribution is 2.27. The lowest BCUT2D eigenvalue weighted by Gasteiger charge is -2.08. The Morgan fingerprint density at radius 1 is 1.54 bits per heavy atom. The standard InChI is InChI=1S/C10H11N3/c1-3-8(2)9-6-4-5-7-10(9)12-13-11/h3-8H,1H2,2H3. The molecule has 0 fully saturated rings. The SMILES string of the molecule is C=CC(C)c1ccccc1N=[N+]=[N-]. The van der Waals surface area contributed by atoms with Crippen molar-refractivity contribution in [2.75, 3.05) is 0 Å². The lowest BCUT2D eigenvalue weighted by Crippen LogP contribution is -1.87. The monoisotopic (exact) mass is 173 g/mol.